The molecule has 1 aromatic heterocycles. The third kappa shape index (κ3) is 2.84. The molecule has 1 unspecified atom stereocenters. The Balaban J connectivity index is 1.81. The Morgan fingerprint density at radius 2 is 2.14 bits per heavy atom. The summed E-state index contributed by atoms with van der Waals surface area (Å²) in [5.41, 5.74) is 0.734. The minimum atomic E-state index is -0.431. The summed E-state index contributed by atoms with van der Waals surface area (Å²) in [6, 6.07) is 5.39. The van der Waals surface area contributed by atoms with Gasteiger partial charge in [0.2, 0.25) is 0 Å². The van der Waals surface area contributed by atoms with E-state index in [1.165, 1.54) is 38.2 Å². The fourth-order valence-electron chi connectivity index (χ4n) is 3.09. The van der Waals surface area contributed by atoms with Gasteiger partial charge in [0.15, 0.2) is 11.1 Å². The number of anilines is 1. The number of rotatable bonds is 4. The van der Waals surface area contributed by atoms with E-state index in [0.29, 0.717) is 23.0 Å². The van der Waals surface area contributed by atoms with Gasteiger partial charge in [0.25, 0.3) is 11.7 Å². The van der Waals surface area contributed by atoms with E-state index in [-0.39, 0.29) is 11.7 Å². The van der Waals surface area contributed by atoms with Crippen LogP contribution in [-0.2, 0) is 0 Å². The molecule has 0 aliphatic heterocycles. The van der Waals surface area contributed by atoms with Crippen molar-refractivity contribution >= 4 is 22.8 Å². The van der Waals surface area contributed by atoms with Crippen LogP contribution in [0.1, 0.15) is 39.0 Å². The summed E-state index contributed by atoms with van der Waals surface area (Å²) in [4.78, 5) is 14.8. The largest absolute Gasteiger partial charge is 0.423 e. The number of oxazole rings is 1. The number of hydrogen-bond donors (Lipinski definition) is 1. The molecule has 1 aromatic carbocycles. The molecule has 1 aliphatic rings. The van der Waals surface area contributed by atoms with Gasteiger partial charge in [0.1, 0.15) is 0 Å². The van der Waals surface area contributed by atoms with Crippen molar-refractivity contribution in [1.29, 1.82) is 0 Å². The van der Waals surface area contributed by atoms with Crippen molar-refractivity contribution in [2.24, 2.45) is 5.92 Å². The second kappa shape index (κ2) is 5.71. The molecule has 21 heavy (non-hydrogen) atoms. The lowest BCUT2D eigenvalue weighted by molar-refractivity contribution is -0.383. The van der Waals surface area contributed by atoms with Gasteiger partial charge < -0.3 is 9.73 Å². The molecule has 6 heteroatoms. The molecule has 0 radical (unpaired) electrons. The fraction of sp³-hybridized carbons (Fsp3) is 0.533. The Bertz CT molecular complexity index is 647. The zero-order chi connectivity index (χ0) is 14.8. The van der Waals surface area contributed by atoms with E-state index in [9.17, 15) is 10.1 Å². The number of benzene rings is 1. The highest BCUT2D eigenvalue weighted by Gasteiger charge is 2.23. The van der Waals surface area contributed by atoms with Crippen LogP contribution in [0, 0.1) is 16.0 Å². The molecule has 1 atom stereocenters. The first-order valence-corrected chi connectivity index (χ1v) is 7.45. The highest BCUT2D eigenvalue weighted by atomic mass is 16.6. The lowest BCUT2D eigenvalue weighted by Crippen LogP contribution is -2.27. The average Bonchev–Trinajstić information content (AvgIpc) is 2.89. The van der Waals surface area contributed by atoms with Crippen molar-refractivity contribution in [2.45, 2.75) is 45.1 Å². The third-order valence-electron chi connectivity index (χ3n) is 4.30. The maximum atomic E-state index is 11.0. The van der Waals surface area contributed by atoms with Crippen LogP contribution in [0.25, 0.3) is 11.1 Å². The van der Waals surface area contributed by atoms with Crippen molar-refractivity contribution in [3.05, 3.63) is 28.3 Å². The van der Waals surface area contributed by atoms with E-state index in [0.717, 1.165) is 0 Å². The molecule has 1 heterocycles. The summed E-state index contributed by atoms with van der Waals surface area (Å²) in [6.07, 6.45) is 6.30. The van der Waals surface area contributed by atoms with Crippen molar-refractivity contribution in [2.75, 3.05) is 5.32 Å². The second-order valence-corrected chi connectivity index (χ2v) is 5.73. The number of nitro benzene ring substituents is 1. The number of nitrogens with zero attached hydrogens (tertiary/aromatic N) is 2. The Morgan fingerprint density at radius 3 is 2.86 bits per heavy atom. The molecule has 2 aromatic rings. The summed E-state index contributed by atoms with van der Waals surface area (Å²) >= 11 is 0. The van der Waals surface area contributed by atoms with Gasteiger partial charge in [-0.3, -0.25) is 10.1 Å². The highest BCUT2D eigenvalue weighted by Crippen LogP contribution is 2.30. The lowest BCUT2D eigenvalue weighted by Gasteiger charge is -2.27. The summed E-state index contributed by atoms with van der Waals surface area (Å²) in [7, 11) is 0. The van der Waals surface area contributed by atoms with Crippen LogP contribution in [0.2, 0.25) is 0 Å². The summed E-state index contributed by atoms with van der Waals surface area (Å²) < 4.78 is 5.59. The molecule has 0 bridgehead atoms. The Labute approximate surface area is 122 Å². The van der Waals surface area contributed by atoms with E-state index in [4.69, 9.17) is 4.42 Å². The van der Waals surface area contributed by atoms with Crippen molar-refractivity contribution in [3.63, 3.8) is 0 Å². The van der Waals surface area contributed by atoms with E-state index < -0.39 is 4.92 Å². The molecule has 1 fully saturated rings. The number of nitro groups is 1. The maximum absolute atomic E-state index is 11.0. The number of non-ortho nitro benzene ring substituents is 1. The maximum Gasteiger partial charge on any atom is 0.298 e. The van der Waals surface area contributed by atoms with Gasteiger partial charge in [-0.05, 0) is 31.7 Å². The van der Waals surface area contributed by atoms with E-state index in [2.05, 4.69) is 17.2 Å². The third-order valence-corrected chi connectivity index (χ3v) is 4.30. The van der Waals surface area contributed by atoms with E-state index in [1.807, 2.05) is 0 Å². The van der Waals surface area contributed by atoms with Gasteiger partial charge in [0.05, 0.1) is 4.92 Å². The van der Waals surface area contributed by atoms with Crippen LogP contribution in [0.15, 0.2) is 22.6 Å². The Hall–Kier alpha value is -2.11. The monoisotopic (exact) mass is 289 g/mol. The van der Waals surface area contributed by atoms with Crippen LogP contribution in [-0.4, -0.2) is 15.9 Å². The van der Waals surface area contributed by atoms with Gasteiger partial charge in [-0.15, -0.1) is 0 Å². The summed E-state index contributed by atoms with van der Waals surface area (Å²) in [5, 5.41) is 14.3. The minimum absolute atomic E-state index is 0.0189. The second-order valence-electron chi connectivity index (χ2n) is 5.73. The van der Waals surface area contributed by atoms with Gasteiger partial charge in [-0.25, -0.2) is 0 Å². The van der Waals surface area contributed by atoms with Gasteiger partial charge >= 0.3 is 0 Å². The lowest BCUT2D eigenvalue weighted by atomic mass is 9.85. The van der Waals surface area contributed by atoms with Crippen molar-refractivity contribution < 1.29 is 9.34 Å². The molecule has 0 spiro atoms. The Morgan fingerprint density at radius 1 is 1.38 bits per heavy atom. The summed E-state index contributed by atoms with van der Waals surface area (Å²) in [5.74, 6) is 0.615. The predicted octanol–water partition coefficient (Wildman–Crippen LogP) is 4.12. The van der Waals surface area contributed by atoms with Crippen LogP contribution in [0.5, 0.6) is 0 Å². The van der Waals surface area contributed by atoms with Crippen molar-refractivity contribution in [1.82, 2.24) is 4.98 Å². The van der Waals surface area contributed by atoms with Crippen LogP contribution >= 0.6 is 0 Å². The van der Waals surface area contributed by atoms with Crippen LogP contribution < -0.4 is 5.32 Å². The van der Waals surface area contributed by atoms with Crippen molar-refractivity contribution in [3.8, 4) is 0 Å². The fourth-order valence-corrected chi connectivity index (χ4v) is 3.09. The predicted molar refractivity (Wildman–Crippen MR) is 80.3 cm³/mol. The van der Waals surface area contributed by atoms with Crippen LogP contribution in [0.3, 0.4) is 0 Å². The van der Waals surface area contributed by atoms with Gasteiger partial charge in [-0.2, -0.15) is 4.98 Å². The first-order chi connectivity index (χ1) is 10.1. The SMILES string of the molecule is CC(Nc1nc2c([N+](=O)[O-])cccc2o1)C1CCCCC1. The highest BCUT2D eigenvalue weighted by molar-refractivity contribution is 5.84. The van der Waals surface area contributed by atoms with Gasteiger partial charge in [-0.1, -0.05) is 25.3 Å². The number of hydrogen-bond acceptors (Lipinski definition) is 5. The molecule has 1 aliphatic carbocycles. The standard InChI is InChI=1S/C15H19N3O3/c1-10(11-6-3-2-4-7-11)16-15-17-14-12(18(19)20)8-5-9-13(14)21-15/h5,8-11H,2-4,6-7H2,1H3,(H,16,17). The molecular formula is C15H19N3O3. The number of aromatic nitrogens is 1. The molecule has 112 valence electrons. The van der Waals surface area contributed by atoms with Gasteiger partial charge in [0, 0.05) is 12.1 Å². The van der Waals surface area contributed by atoms with Crippen LogP contribution in [0.4, 0.5) is 11.7 Å². The number of para-hydroxylation sites is 1. The minimum Gasteiger partial charge on any atom is -0.423 e. The normalized spacial score (nSPS) is 17.8. The molecule has 6 nitrogen and oxygen atoms in total. The zero-order valence-corrected chi connectivity index (χ0v) is 12.0. The smallest absolute Gasteiger partial charge is 0.298 e. The first kappa shape index (κ1) is 13.9. The summed E-state index contributed by atoms with van der Waals surface area (Å²) in [6.45, 7) is 2.12. The van der Waals surface area contributed by atoms with E-state index >= 15 is 0 Å². The van der Waals surface area contributed by atoms with E-state index in [1.54, 1.807) is 12.1 Å². The Kier molecular flexibility index (Phi) is 3.77. The molecule has 1 saturated carbocycles. The molecule has 1 N–H and O–H groups in total. The average molecular weight is 289 g/mol. The molecule has 3 rings (SSSR count). The zero-order valence-electron chi connectivity index (χ0n) is 12.0. The molecule has 0 saturated heterocycles. The molecular weight excluding hydrogens is 270 g/mol. The topological polar surface area (TPSA) is 81.2 Å². The molecule has 0 amide bonds. The first-order valence-electron chi connectivity index (χ1n) is 7.45. The quantitative estimate of drug-likeness (QED) is 0.676. The number of nitrogens with one attached hydrogen (secondary N) is 1. The number of fused-ring (bicyclic) bond motifs is 1.